The second-order valence-corrected chi connectivity index (χ2v) is 35.3. The number of phosphoric ester groups is 2. The molecule has 0 rings (SSSR count). The van der Waals surface area contributed by atoms with Crippen LogP contribution in [0.25, 0.3) is 0 Å². The second kappa shape index (κ2) is 74.8. The van der Waals surface area contributed by atoms with Gasteiger partial charge in [0.05, 0.1) is 26.4 Å². The molecule has 105 heavy (non-hydrogen) atoms. The van der Waals surface area contributed by atoms with E-state index in [4.69, 9.17) is 37.0 Å². The van der Waals surface area contributed by atoms with Gasteiger partial charge in [0, 0.05) is 25.7 Å². The number of hydrogen-bond donors (Lipinski definition) is 3. The van der Waals surface area contributed by atoms with Gasteiger partial charge in [0.25, 0.3) is 0 Å². The number of ether oxygens (including phenoxy) is 4. The summed E-state index contributed by atoms with van der Waals surface area (Å²) in [6.45, 7) is 14.4. The van der Waals surface area contributed by atoms with Crippen LogP contribution in [0.3, 0.4) is 0 Å². The molecule has 0 fully saturated rings. The van der Waals surface area contributed by atoms with E-state index in [9.17, 15) is 43.2 Å². The van der Waals surface area contributed by atoms with Crippen molar-refractivity contribution in [2.75, 3.05) is 39.6 Å². The minimum Gasteiger partial charge on any atom is -0.462 e. The first-order valence-electron chi connectivity index (χ1n) is 44.3. The van der Waals surface area contributed by atoms with Crippen LogP contribution in [0, 0.1) is 23.7 Å². The Morgan fingerprint density at radius 2 is 0.457 bits per heavy atom. The highest BCUT2D eigenvalue weighted by atomic mass is 31.2. The van der Waals surface area contributed by atoms with Crippen LogP contribution < -0.4 is 0 Å². The van der Waals surface area contributed by atoms with Crippen molar-refractivity contribution < 1.29 is 80.2 Å². The number of rotatable bonds is 83. The van der Waals surface area contributed by atoms with E-state index in [1.54, 1.807) is 0 Å². The Hall–Kier alpha value is -1.94. The van der Waals surface area contributed by atoms with E-state index in [0.29, 0.717) is 25.7 Å². The molecule has 0 aliphatic carbocycles. The maximum absolute atomic E-state index is 13.1. The predicted molar refractivity (Wildman–Crippen MR) is 432 cm³/mol. The SMILES string of the molecule is CCC(C)CCCCCCCCCCCCCCCCCCCCC(=O)O[C@H](COC(=O)CCCCCCCCCCCCCCCCC(C)C)COP(=O)(O)OC[C@@H](O)COP(=O)(O)OC[C@@H](COC(=O)CCCCCCCCCCCC(C)C)OC(=O)CCCCCCCCCCCCC(C)CC. The molecule has 0 saturated heterocycles. The van der Waals surface area contributed by atoms with Crippen molar-refractivity contribution in [1.82, 2.24) is 0 Å². The summed E-state index contributed by atoms with van der Waals surface area (Å²) >= 11 is 0. The molecule has 624 valence electrons. The highest BCUT2D eigenvalue weighted by Gasteiger charge is 2.31. The smallest absolute Gasteiger partial charge is 0.462 e. The molecular weight excluding hydrogens is 1370 g/mol. The van der Waals surface area contributed by atoms with Gasteiger partial charge >= 0.3 is 39.5 Å². The molecule has 0 aromatic heterocycles. The summed E-state index contributed by atoms with van der Waals surface area (Å²) in [5.74, 6) is 1.11. The Bertz CT molecular complexity index is 2050. The van der Waals surface area contributed by atoms with Crippen LogP contribution >= 0.6 is 15.6 Å². The van der Waals surface area contributed by atoms with Crippen molar-refractivity contribution in [3.63, 3.8) is 0 Å². The summed E-state index contributed by atoms with van der Waals surface area (Å²) in [6.07, 6.45) is 63.7. The third kappa shape index (κ3) is 77.2. The molecule has 0 spiro atoms. The number of carbonyl (C=O) groups excluding carboxylic acids is 4. The first-order chi connectivity index (χ1) is 50.7. The summed E-state index contributed by atoms with van der Waals surface area (Å²) in [7, 11) is -9.93. The number of hydrogen-bond acceptors (Lipinski definition) is 15. The zero-order chi connectivity index (χ0) is 77.4. The topological polar surface area (TPSA) is 237 Å². The van der Waals surface area contributed by atoms with Gasteiger partial charge < -0.3 is 33.8 Å². The molecule has 7 atom stereocenters. The summed E-state index contributed by atoms with van der Waals surface area (Å²) in [4.78, 5) is 73.2. The van der Waals surface area contributed by atoms with Crippen molar-refractivity contribution in [3.05, 3.63) is 0 Å². The molecule has 4 unspecified atom stereocenters. The minimum absolute atomic E-state index is 0.106. The normalized spacial score (nSPS) is 14.4. The van der Waals surface area contributed by atoms with Crippen LogP contribution in [-0.2, 0) is 65.4 Å². The van der Waals surface area contributed by atoms with Crippen molar-refractivity contribution in [2.45, 2.75) is 465 Å². The summed E-state index contributed by atoms with van der Waals surface area (Å²) in [6, 6.07) is 0. The second-order valence-electron chi connectivity index (χ2n) is 32.4. The van der Waals surface area contributed by atoms with E-state index in [1.165, 1.54) is 250 Å². The van der Waals surface area contributed by atoms with Crippen molar-refractivity contribution in [1.29, 1.82) is 0 Å². The van der Waals surface area contributed by atoms with Gasteiger partial charge in [-0.15, -0.1) is 0 Å². The van der Waals surface area contributed by atoms with E-state index in [0.717, 1.165) is 114 Å². The molecule has 0 radical (unpaired) electrons. The average molecular weight is 1540 g/mol. The van der Waals surface area contributed by atoms with Crippen LogP contribution in [0.4, 0.5) is 0 Å². The number of aliphatic hydroxyl groups is 1. The maximum atomic E-state index is 13.1. The summed E-state index contributed by atoms with van der Waals surface area (Å²) in [5, 5.41) is 10.7. The Labute approximate surface area is 645 Å². The van der Waals surface area contributed by atoms with Crippen LogP contribution in [0.5, 0.6) is 0 Å². The molecule has 0 amide bonds. The van der Waals surface area contributed by atoms with Gasteiger partial charge in [-0.3, -0.25) is 37.3 Å². The van der Waals surface area contributed by atoms with E-state index >= 15 is 0 Å². The van der Waals surface area contributed by atoms with E-state index in [1.807, 2.05) is 0 Å². The summed E-state index contributed by atoms with van der Waals surface area (Å²) in [5.41, 5.74) is 0. The predicted octanol–water partition coefficient (Wildman–Crippen LogP) is 25.9. The highest BCUT2D eigenvalue weighted by molar-refractivity contribution is 7.47. The molecule has 0 aromatic rings. The molecule has 0 heterocycles. The van der Waals surface area contributed by atoms with Gasteiger partial charge in [0.15, 0.2) is 12.2 Å². The fourth-order valence-electron chi connectivity index (χ4n) is 13.3. The lowest BCUT2D eigenvalue weighted by molar-refractivity contribution is -0.161. The average Bonchev–Trinajstić information content (AvgIpc) is 0.905. The maximum Gasteiger partial charge on any atom is 0.472 e. The van der Waals surface area contributed by atoms with Crippen molar-refractivity contribution >= 4 is 39.5 Å². The van der Waals surface area contributed by atoms with Gasteiger partial charge in [-0.25, -0.2) is 9.13 Å². The van der Waals surface area contributed by atoms with Crippen LogP contribution in [0.2, 0.25) is 0 Å². The van der Waals surface area contributed by atoms with Crippen LogP contribution in [-0.4, -0.2) is 96.7 Å². The molecule has 0 aliphatic heterocycles. The standard InChI is InChI=1S/C86H168O17P2/c1-9-78(7)64-56-48-40-32-24-20-15-13-11-12-14-16-22-26-35-44-52-60-68-85(90)102-81(72-96-83(88)66-58-50-42-34-25-21-18-17-19-23-30-38-46-54-62-76(3)4)74-100-104(92,93)98-70-80(87)71-99-105(94,95)101-75-82(73-97-84(89)67-59-51-43-37-29-31-39-47-55-63-77(5)6)103-86(91)69-61-53-45-36-28-27-33-41-49-57-65-79(8)10-2/h76-82,87H,9-75H2,1-8H3,(H,92,93)(H,94,95)/t78?,79?,80-,81-,82-/m1/s1. The molecule has 19 heteroatoms. The van der Waals surface area contributed by atoms with E-state index in [-0.39, 0.29) is 25.7 Å². The number of unbranched alkanes of at least 4 members (excludes halogenated alkanes) is 47. The highest BCUT2D eigenvalue weighted by Crippen LogP contribution is 2.45. The molecule has 3 N–H and O–H groups in total. The first kappa shape index (κ1) is 103. The van der Waals surface area contributed by atoms with Crippen molar-refractivity contribution in [2.24, 2.45) is 23.7 Å². The third-order valence-corrected chi connectivity index (χ3v) is 22.7. The lowest BCUT2D eigenvalue weighted by Crippen LogP contribution is -2.30. The molecular formula is C86H168O17P2. The van der Waals surface area contributed by atoms with Crippen molar-refractivity contribution in [3.8, 4) is 0 Å². The van der Waals surface area contributed by atoms with Gasteiger partial charge in [-0.2, -0.15) is 0 Å². The van der Waals surface area contributed by atoms with Gasteiger partial charge in [0.2, 0.25) is 0 Å². The first-order valence-corrected chi connectivity index (χ1v) is 47.3. The lowest BCUT2D eigenvalue weighted by atomic mass is 9.99. The quantitative estimate of drug-likeness (QED) is 0.0222. The van der Waals surface area contributed by atoms with Crippen LogP contribution in [0.15, 0.2) is 0 Å². The molecule has 0 aliphatic rings. The molecule has 17 nitrogen and oxygen atoms in total. The number of esters is 4. The van der Waals surface area contributed by atoms with Gasteiger partial charge in [-0.1, -0.05) is 396 Å². The fraction of sp³-hybridized carbons (Fsp3) is 0.953. The Kier molecular flexibility index (Phi) is 73.4. The minimum atomic E-state index is -4.97. The van der Waals surface area contributed by atoms with E-state index in [2.05, 4.69) is 55.4 Å². The number of carbonyl (C=O) groups is 4. The van der Waals surface area contributed by atoms with Crippen LogP contribution in [0.1, 0.15) is 447 Å². The number of phosphoric acid groups is 2. The lowest BCUT2D eigenvalue weighted by Gasteiger charge is -2.21. The monoisotopic (exact) mass is 1540 g/mol. The van der Waals surface area contributed by atoms with E-state index < -0.39 is 97.5 Å². The number of aliphatic hydroxyl groups excluding tert-OH is 1. The third-order valence-electron chi connectivity index (χ3n) is 20.8. The van der Waals surface area contributed by atoms with Gasteiger partial charge in [-0.05, 0) is 49.4 Å². The fourth-order valence-corrected chi connectivity index (χ4v) is 14.8. The molecule has 0 bridgehead atoms. The zero-order valence-corrected chi connectivity index (χ0v) is 71.2. The Morgan fingerprint density at radius 3 is 0.676 bits per heavy atom. The molecule has 0 aromatic carbocycles. The zero-order valence-electron chi connectivity index (χ0n) is 69.4. The Morgan fingerprint density at radius 1 is 0.267 bits per heavy atom. The Balaban J connectivity index is 5.25. The summed E-state index contributed by atoms with van der Waals surface area (Å²) < 4.78 is 68.9. The molecule has 0 saturated carbocycles. The largest absolute Gasteiger partial charge is 0.472 e. The van der Waals surface area contributed by atoms with Gasteiger partial charge in [0.1, 0.15) is 19.3 Å².